The highest BCUT2D eigenvalue weighted by Gasteiger charge is 2.12. The van der Waals surface area contributed by atoms with Gasteiger partial charge in [-0.2, -0.15) is 5.10 Å². The second-order valence-corrected chi connectivity index (χ2v) is 4.77. The number of hydrogen-bond acceptors (Lipinski definition) is 6. The fraction of sp³-hybridized carbons (Fsp3) is 0.357. The van der Waals surface area contributed by atoms with Crippen LogP contribution < -0.4 is 5.32 Å². The molecule has 0 aliphatic rings. The fourth-order valence-corrected chi connectivity index (χ4v) is 2.04. The molecule has 0 atom stereocenters. The fourth-order valence-electron chi connectivity index (χ4n) is 2.04. The molecule has 3 rings (SSSR count). The lowest BCUT2D eigenvalue weighted by molar-refractivity contribution is 0.530. The van der Waals surface area contributed by atoms with Gasteiger partial charge in [0, 0.05) is 24.8 Å². The number of nitrogens with one attached hydrogen (secondary N) is 1. The normalized spacial score (nSPS) is 11.0. The minimum absolute atomic E-state index is 0.383. The van der Waals surface area contributed by atoms with E-state index in [1.54, 1.807) is 12.3 Å². The maximum absolute atomic E-state index is 5.56. The van der Waals surface area contributed by atoms with Gasteiger partial charge >= 0.3 is 6.01 Å². The summed E-state index contributed by atoms with van der Waals surface area (Å²) in [5, 5.41) is 15.3. The molecule has 21 heavy (non-hydrogen) atoms. The zero-order valence-corrected chi connectivity index (χ0v) is 12.0. The van der Waals surface area contributed by atoms with Crippen LogP contribution in [-0.2, 0) is 13.1 Å². The van der Waals surface area contributed by atoms with Crippen LogP contribution >= 0.6 is 0 Å². The summed E-state index contributed by atoms with van der Waals surface area (Å²) in [6.07, 6.45) is 6.50. The largest absolute Gasteiger partial charge is 0.469 e. The van der Waals surface area contributed by atoms with E-state index in [4.69, 9.17) is 8.83 Å². The average molecular weight is 287 g/mol. The van der Waals surface area contributed by atoms with Gasteiger partial charge in [0.2, 0.25) is 0 Å². The molecule has 110 valence electrons. The summed E-state index contributed by atoms with van der Waals surface area (Å²) in [5.74, 6) is 1.21. The van der Waals surface area contributed by atoms with Crippen molar-refractivity contribution in [3.63, 3.8) is 0 Å². The van der Waals surface area contributed by atoms with E-state index in [-0.39, 0.29) is 0 Å². The van der Waals surface area contributed by atoms with E-state index in [9.17, 15) is 0 Å². The molecule has 0 saturated carbocycles. The Morgan fingerprint density at radius 2 is 2.24 bits per heavy atom. The Labute approximate surface area is 122 Å². The van der Waals surface area contributed by atoms with Crippen molar-refractivity contribution >= 4 is 6.01 Å². The van der Waals surface area contributed by atoms with Crippen LogP contribution in [0.2, 0.25) is 0 Å². The third kappa shape index (κ3) is 2.96. The van der Waals surface area contributed by atoms with Crippen LogP contribution in [0.25, 0.3) is 11.5 Å². The number of aromatic nitrogens is 4. The highest BCUT2D eigenvalue weighted by molar-refractivity contribution is 5.55. The summed E-state index contributed by atoms with van der Waals surface area (Å²) in [4.78, 5) is 0. The van der Waals surface area contributed by atoms with E-state index in [2.05, 4.69) is 27.5 Å². The van der Waals surface area contributed by atoms with Gasteiger partial charge < -0.3 is 14.2 Å². The Morgan fingerprint density at radius 3 is 3.00 bits per heavy atom. The zero-order valence-electron chi connectivity index (χ0n) is 12.0. The van der Waals surface area contributed by atoms with Gasteiger partial charge in [0.15, 0.2) is 0 Å². The first-order valence-corrected chi connectivity index (χ1v) is 6.89. The van der Waals surface area contributed by atoms with Gasteiger partial charge in [0.05, 0.1) is 18.0 Å². The van der Waals surface area contributed by atoms with Crippen molar-refractivity contribution in [2.45, 2.75) is 33.4 Å². The van der Waals surface area contributed by atoms with E-state index in [0.29, 0.717) is 18.5 Å². The molecular weight excluding hydrogens is 270 g/mol. The van der Waals surface area contributed by atoms with Crippen molar-refractivity contribution in [1.29, 1.82) is 0 Å². The molecule has 0 aliphatic heterocycles. The van der Waals surface area contributed by atoms with Gasteiger partial charge in [-0.3, -0.25) is 4.68 Å². The Kier molecular flexibility index (Phi) is 3.72. The standard InChI is InChI=1S/C14H17N5O2/c1-3-5-19-9-11(8-16-19)7-15-14-18-17-13(21-14)12-4-6-20-10(12)2/h4,6,8-9H,3,5,7H2,1-2H3,(H,15,18). The Balaban J connectivity index is 1.63. The molecule has 0 aliphatic carbocycles. The summed E-state index contributed by atoms with van der Waals surface area (Å²) >= 11 is 0. The van der Waals surface area contributed by atoms with Crippen LogP contribution in [0.3, 0.4) is 0 Å². The predicted molar refractivity (Wildman–Crippen MR) is 76.6 cm³/mol. The quantitative estimate of drug-likeness (QED) is 0.750. The highest BCUT2D eigenvalue weighted by atomic mass is 16.4. The summed E-state index contributed by atoms with van der Waals surface area (Å²) in [5.41, 5.74) is 1.88. The summed E-state index contributed by atoms with van der Waals surface area (Å²) in [6.45, 7) is 5.49. The summed E-state index contributed by atoms with van der Waals surface area (Å²) < 4.78 is 12.7. The molecule has 0 radical (unpaired) electrons. The van der Waals surface area contributed by atoms with Crippen molar-refractivity contribution in [3.8, 4) is 11.5 Å². The van der Waals surface area contributed by atoms with Gasteiger partial charge in [-0.05, 0) is 19.4 Å². The summed E-state index contributed by atoms with van der Waals surface area (Å²) in [7, 11) is 0. The Hall–Kier alpha value is -2.57. The van der Waals surface area contributed by atoms with Gasteiger partial charge in [-0.1, -0.05) is 12.0 Å². The Bertz CT molecular complexity index is 712. The van der Waals surface area contributed by atoms with Crippen LogP contribution in [0.1, 0.15) is 24.7 Å². The van der Waals surface area contributed by atoms with Crippen LogP contribution in [-0.4, -0.2) is 20.0 Å². The number of nitrogens with zero attached hydrogens (tertiary/aromatic N) is 4. The van der Waals surface area contributed by atoms with Crippen LogP contribution in [0.5, 0.6) is 0 Å². The molecule has 0 aromatic carbocycles. The van der Waals surface area contributed by atoms with Gasteiger partial charge in [-0.15, -0.1) is 5.10 Å². The molecule has 3 aromatic heterocycles. The molecule has 7 heteroatoms. The van der Waals surface area contributed by atoms with Crippen LogP contribution in [0.15, 0.2) is 33.6 Å². The lowest BCUT2D eigenvalue weighted by Gasteiger charge is -1.98. The lowest BCUT2D eigenvalue weighted by atomic mass is 10.3. The molecule has 0 spiro atoms. The van der Waals surface area contributed by atoms with E-state index < -0.39 is 0 Å². The third-order valence-corrected chi connectivity index (χ3v) is 3.10. The second kappa shape index (κ2) is 5.82. The van der Waals surface area contributed by atoms with Crippen molar-refractivity contribution in [2.75, 3.05) is 5.32 Å². The van der Waals surface area contributed by atoms with E-state index in [1.165, 1.54) is 0 Å². The minimum Gasteiger partial charge on any atom is -0.469 e. The number of anilines is 1. The van der Waals surface area contributed by atoms with Crippen molar-refractivity contribution < 1.29 is 8.83 Å². The monoisotopic (exact) mass is 287 g/mol. The van der Waals surface area contributed by atoms with Crippen molar-refractivity contribution in [3.05, 3.63) is 36.0 Å². The SMILES string of the molecule is CCCn1cc(CNc2nnc(-c3ccoc3C)o2)cn1. The molecule has 0 bridgehead atoms. The maximum Gasteiger partial charge on any atom is 0.316 e. The smallest absolute Gasteiger partial charge is 0.316 e. The first-order chi connectivity index (χ1) is 10.3. The Morgan fingerprint density at radius 1 is 1.33 bits per heavy atom. The van der Waals surface area contributed by atoms with Gasteiger partial charge in [0.1, 0.15) is 5.76 Å². The van der Waals surface area contributed by atoms with E-state index in [0.717, 1.165) is 29.9 Å². The van der Waals surface area contributed by atoms with Crippen molar-refractivity contribution in [1.82, 2.24) is 20.0 Å². The first-order valence-electron chi connectivity index (χ1n) is 6.89. The molecular formula is C14H17N5O2. The van der Waals surface area contributed by atoms with Crippen LogP contribution in [0, 0.1) is 6.92 Å². The molecule has 0 fully saturated rings. The molecule has 1 N–H and O–H groups in total. The summed E-state index contributed by atoms with van der Waals surface area (Å²) in [6, 6.07) is 2.19. The van der Waals surface area contributed by atoms with Crippen molar-refractivity contribution in [2.24, 2.45) is 0 Å². The molecule has 3 heterocycles. The third-order valence-electron chi connectivity index (χ3n) is 3.10. The molecule has 0 saturated heterocycles. The van der Waals surface area contributed by atoms with Gasteiger partial charge in [-0.25, -0.2) is 0 Å². The average Bonchev–Trinajstić information content (AvgIpc) is 3.17. The maximum atomic E-state index is 5.56. The van der Waals surface area contributed by atoms with E-state index >= 15 is 0 Å². The number of hydrogen-bond donors (Lipinski definition) is 1. The van der Waals surface area contributed by atoms with Crippen LogP contribution in [0.4, 0.5) is 6.01 Å². The predicted octanol–water partition coefficient (Wildman–Crippen LogP) is 2.86. The first kappa shape index (κ1) is 13.4. The van der Waals surface area contributed by atoms with Gasteiger partial charge in [0.25, 0.3) is 5.89 Å². The molecule has 0 unspecified atom stereocenters. The number of rotatable bonds is 6. The topological polar surface area (TPSA) is 81.9 Å². The lowest BCUT2D eigenvalue weighted by Crippen LogP contribution is -1.99. The highest BCUT2D eigenvalue weighted by Crippen LogP contribution is 2.24. The molecule has 3 aromatic rings. The van der Waals surface area contributed by atoms with E-state index in [1.807, 2.05) is 24.0 Å². The number of aryl methyl sites for hydroxylation is 2. The second-order valence-electron chi connectivity index (χ2n) is 4.77. The molecule has 0 amide bonds. The molecule has 7 nitrogen and oxygen atoms in total. The zero-order chi connectivity index (χ0) is 14.7. The number of furan rings is 1. The minimum atomic E-state index is 0.383.